The van der Waals surface area contributed by atoms with Crippen LogP contribution in [0.2, 0.25) is 0 Å². The topological polar surface area (TPSA) is 47.9 Å². The first kappa shape index (κ1) is 17.7. The maximum Gasteiger partial charge on any atom is 0.163 e. The second kappa shape index (κ2) is 7.77. The summed E-state index contributed by atoms with van der Waals surface area (Å²) in [5.41, 5.74) is -0.129. The standard InChI is InChI=1S/C17H28O4S/c1-5-6-7-13(18)15-14(20-12-8-9-22-11-12)10-19-16(21-15)17(2,3)4/h8-9,11,13-16,18H,5-7,10H2,1-4H3/t13?,14-,15-,16+/m1/s1. The van der Waals surface area contributed by atoms with Gasteiger partial charge < -0.3 is 19.3 Å². The summed E-state index contributed by atoms with van der Waals surface area (Å²) < 4.78 is 17.9. The average molecular weight is 328 g/mol. The molecule has 5 heteroatoms. The molecular weight excluding hydrogens is 300 g/mol. The summed E-state index contributed by atoms with van der Waals surface area (Å²) in [6.07, 6.45) is 1.27. The number of rotatable bonds is 6. The van der Waals surface area contributed by atoms with E-state index in [1.165, 1.54) is 0 Å². The van der Waals surface area contributed by atoms with Gasteiger partial charge in [-0.15, -0.1) is 11.3 Å². The van der Waals surface area contributed by atoms with E-state index in [-0.39, 0.29) is 23.9 Å². The van der Waals surface area contributed by atoms with Crippen LogP contribution in [0.15, 0.2) is 16.8 Å². The highest BCUT2D eigenvalue weighted by Gasteiger charge is 2.42. The molecule has 0 saturated carbocycles. The lowest BCUT2D eigenvalue weighted by Crippen LogP contribution is -2.55. The van der Waals surface area contributed by atoms with Gasteiger partial charge in [-0.3, -0.25) is 0 Å². The van der Waals surface area contributed by atoms with Crippen molar-refractivity contribution < 1.29 is 19.3 Å². The Hall–Kier alpha value is -0.620. The Bertz CT molecular complexity index is 426. The minimum Gasteiger partial charge on any atom is -0.484 e. The molecule has 2 heterocycles. The summed E-state index contributed by atoms with van der Waals surface area (Å²) in [5.74, 6) is 0.809. The molecule has 1 aromatic rings. The number of aliphatic hydroxyl groups excluding tert-OH is 1. The number of hydrogen-bond acceptors (Lipinski definition) is 5. The van der Waals surface area contributed by atoms with Gasteiger partial charge in [0.2, 0.25) is 0 Å². The third kappa shape index (κ3) is 4.69. The lowest BCUT2D eigenvalue weighted by molar-refractivity contribution is -0.296. The predicted molar refractivity (Wildman–Crippen MR) is 88.3 cm³/mol. The molecule has 0 bridgehead atoms. The Morgan fingerprint density at radius 2 is 2.23 bits per heavy atom. The monoisotopic (exact) mass is 328 g/mol. The lowest BCUT2D eigenvalue weighted by atomic mass is 9.93. The molecule has 1 aromatic heterocycles. The Morgan fingerprint density at radius 3 is 2.82 bits per heavy atom. The number of ether oxygens (including phenoxy) is 3. The molecule has 1 N–H and O–H groups in total. The Morgan fingerprint density at radius 1 is 1.45 bits per heavy atom. The zero-order valence-corrected chi connectivity index (χ0v) is 14.8. The fourth-order valence-electron chi connectivity index (χ4n) is 2.51. The normalized spacial score (nSPS) is 27.6. The van der Waals surface area contributed by atoms with Crippen LogP contribution in [0.5, 0.6) is 5.75 Å². The first-order valence-corrected chi connectivity index (χ1v) is 9.00. The summed E-state index contributed by atoms with van der Waals surface area (Å²) in [7, 11) is 0. The van der Waals surface area contributed by atoms with E-state index < -0.39 is 6.10 Å². The molecule has 4 atom stereocenters. The van der Waals surface area contributed by atoms with Gasteiger partial charge in [-0.25, -0.2) is 0 Å². The fourth-order valence-corrected chi connectivity index (χ4v) is 3.07. The lowest BCUT2D eigenvalue weighted by Gasteiger charge is -2.43. The number of hydrogen-bond donors (Lipinski definition) is 1. The molecule has 0 amide bonds. The van der Waals surface area contributed by atoms with Crippen LogP contribution in [-0.4, -0.2) is 36.3 Å². The third-order valence-corrected chi connectivity index (χ3v) is 4.44. The molecule has 2 rings (SSSR count). The molecule has 0 radical (unpaired) electrons. The Labute approximate surface area is 137 Å². The maximum absolute atomic E-state index is 10.5. The van der Waals surface area contributed by atoms with Gasteiger partial charge in [0.15, 0.2) is 12.4 Å². The zero-order chi connectivity index (χ0) is 16.2. The molecule has 0 spiro atoms. The van der Waals surface area contributed by atoms with E-state index in [4.69, 9.17) is 14.2 Å². The van der Waals surface area contributed by atoms with Crippen LogP contribution in [0.1, 0.15) is 47.0 Å². The van der Waals surface area contributed by atoms with Crippen LogP contribution in [0.25, 0.3) is 0 Å². The SMILES string of the molecule is CCCCC(O)[C@H]1O[C@@H](C(C)(C)C)OC[C@H]1Oc1ccsc1. The summed E-state index contributed by atoms with van der Waals surface area (Å²) >= 11 is 1.59. The highest BCUT2D eigenvalue weighted by Crippen LogP contribution is 2.32. The van der Waals surface area contributed by atoms with Gasteiger partial charge in [0.05, 0.1) is 12.7 Å². The molecule has 4 nitrogen and oxygen atoms in total. The van der Waals surface area contributed by atoms with Crippen LogP contribution in [0.4, 0.5) is 0 Å². The van der Waals surface area contributed by atoms with Crippen molar-refractivity contribution in [2.75, 3.05) is 6.61 Å². The van der Waals surface area contributed by atoms with Crippen molar-refractivity contribution in [3.8, 4) is 5.75 Å². The Kier molecular flexibility index (Phi) is 6.26. The molecule has 1 aliphatic rings. The molecule has 0 aromatic carbocycles. The smallest absolute Gasteiger partial charge is 0.163 e. The summed E-state index contributed by atoms with van der Waals surface area (Å²) in [5, 5.41) is 14.5. The molecular formula is C17H28O4S. The van der Waals surface area contributed by atoms with Crippen molar-refractivity contribution in [1.29, 1.82) is 0 Å². The summed E-state index contributed by atoms with van der Waals surface area (Å²) in [6.45, 7) is 8.79. The van der Waals surface area contributed by atoms with Crippen molar-refractivity contribution in [3.05, 3.63) is 16.8 Å². The van der Waals surface area contributed by atoms with E-state index in [0.717, 1.165) is 25.0 Å². The van der Waals surface area contributed by atoms with Crippen LogP contribution in [0.3, 0.4) is 0 Å². The fraction of sp³-hybridized carbons (Fsp3) is 0.765. The molecule has 1 aliphatic heterocycles. The average Bonchev–Trinajstić information content (AvgIpc) is 2.97. The molecule has 1 unspecified atom stereocenters. The quantitative estimate of drug-likeness (QED) is 0.862. The van der Waals surface area contributed by atoms with Gasteiger partial charge in [0, 0.05) is 10.8 Å². The van der Waals surface area contributed by atoms with E-state index in [1.807, 2.05) is 16.8 Å². The van der Waals surface area contributed by atoms with E-state index in [0.29, 0.717) is 6.61 Å². The van der Waals surface area contributed by atoms with Crippen molar-refractivity contribution >= 4 is 11.3 Å². The van der Waals surface area contributed by atoms with Gasteiger partial charge >= 0.3 is 0 Å². The number of unbranched alkanes of at least 4 members (excludes halogenated alkanes) is 1. The van der Waals surface area contributed by atoms with Crippen molar-refractivity contribution in [2.45, 2.75) is 71.6 Å². The highest BCUT2D eigenvalue weighted by molar-refractivity contribution is 7.08. The van der Waals surface area contributed by atoms with Gasteiger partial charge in [-0.1, -0.05) is 40.5 Å². The zero-order valence-electron chi connectivity index (χ0n) is 14.0. The van der Waals surface area contributed by atoms with Crippen LogP contribution >= 0.6 is 11.3 Å². The van der Waals surface area contributed by atoms with Crippen LogP contribution in [0, 0.1) is 5.41 Å². The van der Waals surface area contributed by atoms with Crippen molar-refractivity contribution in [2.24, 2.45) is 5.41 Å². The predicted octanol–water partition coefficient (Wildman–Crippen LogP) is 3.83. The number of thiophene rings is 1. The molecule has 1 saturated heterocycles. The number of aliphatic hydroxyl groups is 1. The molecule has 0 aliphatic carbocycles. The first-order chi connectivity index (χ1) is 10.4. The van der Waals surface area contributed by atoms with Crippen molar-refractivity contribution in [1.82, 2.24) is 0 Å². The van der Waals surface area contributed by atoms with E-state index in [2.05, 4.69) is 27.7 Å². The highest BCUT2D eigenvalue weighted by atomic mass is 32.1. The molecule has 22 heavy (non-hydrogen) atoms. The molecule has 1 fully saturated rings. The van der Waals surface area contributed by atoms with Crippen LogP contribution < -0.4 is 4.74 Å². The second-order valence-electron chi connectivity index (χ2n) is 6.96. The maximum atomic E-state index is 10.5. The van der Waals surface area contributed by atoms with Crippen molar-refractivity contribution in [3.63, 3.8) is 0 Å². The molecule has 126 valence electrons. The van der Waals surface area contributed by atoms with E-state index in [9.17, 15) is 5.11 Å². The minimum atomic E-state index is -0.530. The summed E-state index contributed by atoms with van der Waals surface area (Å²) in [4.78, 5) is 0. The second-order valence-corrected chi connectivity index (χ2v) is 7.74. The van der Waals surface area contributed by atoms with E-state index in [1.54, 1.807) is 11.3 Å². The van der Waals surface area contributed by atoms with Gasteiger partial charge in [-0.2, -0.15) is 0 Å². The van der Waals surface area contributed by atoms with Crippen LogP contribution in [-0.2, 0) is 9.47 Å². The van der Waals surface area contributed by atoms with Gasteiger partial charge in [0.1, 0.15) is 11.9 Å². The third-order valence-electron chi connectivity index (χ3n) is 3.78. The minimum absolute atomic E-state index is 0.129. The van der Waals surface area contributed by atoms with Gasteiger partial charge in [-0.05, 0) is 17.9 Å². The van der Waals surface area contributed by atoms with Gasteiger partial charge in [0.25, 0.3) is 0 Å². The van der Waals surface area contributed by atoms with E-state index >= 15 is 0 Å². The Balaban J connectivity index is 2.06. The summed E-state index contributed by atoms with van der Waals surface area (Å²) in [6, 6.07) is 1.93. The first-order valence-electron chi connectivity index (χ1n) is 8.05. The largest absolute Gasteiger partial charge is 0.484 e.